The largest absolute Gasteiger partial charge is 0.511 e. The Hall–Kier alpha value is -5.66. The summed E-state index contributed by atoms with van der Waals surface area (Å²) in [6.45, 7) is 4.85. The van der Waals surface area contributed by atoms with Crippen LogP contribution < -0.4 is 0 Å². The predicted octanol–water partition coefficient (Wildman–Crippen LogP) is 4.50. The minimum atomic E-state index is -1.39. The third-order valence-corrected chi connectivity index (χ3v) is 9.08. The fourth-order valence-corrected chi connectivity index (χ4v) is 6.60. The van der Waals surface area contributed by atoms with Crippen molar-refractivity contribution in [2.75, 3.05) is 13.2 Å². The molecule has 20 heteroatoms. The number of imidazole rings is 1. The third-order valence-electron chi connectivity index (χ3n) is 8.82. The number of carbonyl (C=O) groups is 3. The first-order valence-electron chi connectivity index (χ1n) is 17.5. The molecule has 2 fully saturated rings. The first-order chi connectivity index (χ1) is 26.5. The number of nitrogens with one attached hydrogen (secondary N) is 1. The molecule has 0 aliphatic carbocycles. The van der Waals surface area contributed by atoms with E-state index in [1.807, 2.05) is 55.5 Å². The number of nitrogens with zero attached hydrogens (tertiary/aromatic N) is 6. The predicted molar refractivity (Wildman–Crippen MR) is 188 cm³/mol. The maximum Gasteiger partial charge on any atom is 0.511 e. The van der Waals surface area contributed by atoms with Gasteiger partial charge < -0.3 is 37.8 Å². The van der Waals surface area contributed by atoms with Gasteiger partial charge in [-0.15, -0.1) is 20.3 Å². The molecule has 0 saturated carbocycles. The van der Waals surface area contributed by atoms with Crippen LogP contribution >= 0.6 is 11.6 Å². The number of aromatic nitrogens is 6. The van der Waals surface area contributed by atoms with E-state index in [1.54, 1.807) is 4.57 Å². The zero-order chi connectivity index (χ0) is 39.1. The van der Waals surface area contributed by atoms with Crippen molar-refractivity contribution in [1.82, 2.24) is 30.2 Å². The first kappa shape index (κ1) is 39.0. The second-order valence-electron chi connectivity index (χ2n) is 12.8. The number of carbonyl (C=O) groups excluding carboxylic acids is 3. The minimum Gasteiger partial charge on any atom is -0.457 e. The standard InChI is InChI=1S/C35H38ClN7O12/c1-4-5-10-27-37-32(36)29(42(27)16-21-11-13-22(14-12-21)23-8-6-7-9-24(23)33-38-40-41-39-33)34(45)51-20(3)52-35(46)54-26-18-50-30-25(17-49-31(26)30)53-28(44)15-19(2)55-43(47)48/h6-9,11-14,19-20,25-26,30-31H,4-5,10,15-18H2,1-3H3,(H,38,39,40,41)/t19-,20?,25-,26+,30?,31?/m1/s1. The van der Waals surface area contributed by atoms with Crippen molar-refractivity contribution in [2.24, 2.45) is 0 Å². The molecule has 6 atom stereocenters. The van der Waals surface area contributed by atoms with E-state index in [0.29, 0.717) is 18.1 Å². The average molecular weight is 784 g/mol. The zero-order valence-corrected chi connectivity index (χ0v) is 30.7. The Bertz CT molecular complexity index is 1980. The smallest absolute Gasteiger partial charge is 0.457 e. The number of hydrogen-bond acceptors (Lipinski definition) is 16. The Morgan fingerprint density at radius 3 is 2.36 bits per heavy atom. The average Bonchev–Trinajstić information content (AvgIpc) is 3.94. The van der Waals surface area contributed by atoms with Crippen LogP contribution in [-0.4, -0.2) is 103 Å². The van der Waals surface area contributed by atoms with Gasteiger partial charge in [-0.1, -0.05) is 73.5 Å². The molecule has 292 valence electrons. The van der Waals surface area contributed by atoms with Crippen molar-refractivity contribution < 1.29 is 52.7 Å². The Balaban J connectivity index is 1.06. The van der Waals surface area contributed by atoms with Crippen LogP contribution in [0.2, 0.25) is 5.15 Å². The number of unbranched alkanes of at least 4 members (excludes halogenated alkanes) is 1. The van der Waals surface area contributed by atoms with Crippen LogP contribution in [0.1, 0.15) is 61.9 Å². The second kappa shape index (κ2) is 17.7. The molecule has 0 spiro atoms. The summed E-state index contributed by atoms with van der Waals surface area (Å²) in [4.78, 5) is 57.8. The van der Waals surface area contributed by atoms with Crippen molar-refractivity contribution >= 4 is 29.7 Å². The highest BCUT2D eigenvalue weighted by molar-refractivity contribution is 6.32. The van der Waals surface area contributed by atoms with E-state index >= 15 is 0 Å². The molecule has 0 amide bonds. The van der Waals surface area contributed by atoms with E-state index in [2.05, 4.69) is 30.4 Å². The second-order valence-corrected chi connectivity index (χ2v) is 13.2. The van der Waals surface area contributed by atoms with Crippen LogP contribution in [0.25, 0.3) is 22.5 Å². The van der Waals surface area contributed by atoms with Crippen molar-refractivity contribution in [3.8, 4) is 22.5 Å². The van der Waals surface area contributed by atoms with Gasteiger partial charge in [-0.2, -0.15) is 5.21 Å². The number of rotatable bonds is 16. The normalized spacial score (nSPS) is 19.9. The summed E-state index contributed by atoms with van der Waals surface area (Å²) in [7, 11) is 0. The summed E-state index contributed by atoms with van der Waals surface area (Å²) in [5.74, 6) is -0.549. The van der Waals surface area contributed by atoms with Crippen LogP contribution in [0.5, 0.6) is 0 Å². The number of tetrazole rings is 1. The van der Waals surface area contributed by atoms with Gasteiger partial charge in [-0.25, -0.2) is 14.6 Å². The van der Waals surface area contributed by atoms with Crippen LogP contribution in [-0.2, 0) is 51.0 Å². The summed E-state index contributed by atoms with van der Waals surface area (Å²) in [6, 6.07) is 15.5. The van der Waals surface area contributed by atoms with E-state index in [0.717, 1.165) is 35.1 Å². The lowest BCUT2D eigenvalue weighted by molar-refractivity contribution is -0.767. The van der Waals surface area contributed by atoms with Gasteiger partial charge in [-0.3, -0.25) is 4.79 Å². The lowest BCUT2D eigenvalue weighted by Gasteiger charge is -2.19. The molecule has 1 N–H and O–H groups in total. The number of fused-ring (bicyclic) bond motifs is 1. The van der Waals surface area contributed by atoms with Crippen molar-refractivity contribution in [3.05, 3.63) is 80.9 Å². The molecule has 55 heavy (non-hydrogen) atoms. The number of H-pyrrole nitrogens is 1. The van der Waals surface area contributed by atoms with Crippen molar-refractivity contribution in [3.63, 3.8) is 0 Å². The van der Waals surface area contributed by atoms with Gasteiger partial charge >= 0.3 is 18.1 Å². The molecular weight excluding hydrogens is 746 g/mol. The Morgan fingerprint density at radius 1 is 1.02 bits per heavy atom. The van der Waals surface area contributed by atoms with Crippen LogP contribution in [0.3, 0.4) is 0 Å². The van der Waals surface area contributed by atoms with Gasteiger partial charge in [0.25, 0.3) is 5.09 Å². The topological polar surface area (TPSA) is 231 Å². The van der Waals surface area contributed by atoms with Gasteiger partial charge in [0, 0.05) is 25.5 Å². The van der Waals surface area contributed by atoms with Gasteiger partial charge in [0.2, 0.25) is 12.1 Å². The van der Waals surface area contributed by atoms with E-state index in [1.165, 1.54) is 13.8 Å². The number of aromatic amines is 1. The number of halogens is 1. The molecule has 2 aliphatic heterocycles. The van der Waals surface area contributed by atoms with Gasteiger partial charge in [-0.05, 0) is 35.2 Å². The van der Waals surface area contributed by atoms with Gasteiger partial charge in [0.15, 0.2) is 23.1 Å². The molecule has 2 aromatic heterocycles. The summed E-state index contributed by atoms with van der Waals surface area (Å²) < 4.78 is 34.5. The molecule has 6 rings (SSSR count). The Kier molecular flexibility index (Phi) is 12.5. The first-order valence-corrected chi connectivity index (χ1v) is 17.9. The van der Waals surface area contributed by atoms with Gasteiger partial charge in [0.05, 0.1) is 19.6 Å². The highest BCUT2D eigenvalue weighted by Crippen LogP contribution is 2.32. The molecule has 4 aromatic rings. The van der Waals surface area contributed by atoms with Crippen LogP contribution in [0.4, 0.5) is 4.79 Å². The Labute approximate surface area is 318 Å². The number of hydrogen-bond donors (Lipinski definition) is 1. The van der Waals surface area contributed by atoms with Gasteiger partial charge in [0.1, 0.15) is 24.1 Å². The van der Waals surface area contributed by atoms with E-state index in [9.17, 15) is 24.5 Å². The van der Waals surface area contributed by atoms with E-state index < -0.39 is 60.0 Å². The van der Waals surface area contributed by atoms with E-state index in [-0.39, 0.29) is 37.0 Å². The zero-order valence-electron chi connectivity index (χ0n) is 30.0. The van der Waals surface area contributed by atoms with Crippen molar-refractivity contribution in [2.45, 2.75) is 89.8 Å². The Morgan fingerprint density at radius 2 is 1.71 bits per heavy atom. The molecule has 2 aromatic carbocycles. The summed E-state index contributed by atoms with van der Waals surface area (Å²) in [6.07, 6.45) is -4.97. The number of aryl methyl sites for hydroxylation is 1. The molecule has 2 saturated heterocycles. The maximum atomic E-state index is 13.5. The summed E-state index contributed by atoms with van der Waals surface area (Å²) >= 11 is 6.53. The SMILES string of the molecule is CCCCc1nc(Cl)c(C(=O)OC(C)OC(=O)O[C@H]2COC3C2OC[C@H]3OC(=O)C[C@@H](C)O[N+](=O)[O-])n1Cc1ccc(-c2ccccc2-c2nn[nH]n2)cc1. The van der Waals surface area contributed by atoms with Crippen LogP contribution in [0, 0.1) is 10.1 Å². The van der Waals surface area contributed by atoms with E-state index in [4.69, 9.17) is 40.0 Å². The third kappa shape index (κ3) is 9.53. The lowest BCUT2D eigenvalue weighted by Crippen LogP contribution is -2.37. The summed E-state index contributed by atoms with van der Waals surface area (Å²) in [5.41, 5.74) is 3.50. The molecular formula is C35H38ClN7O12. The van der Waals surface area contributed by atoms with Crippen molar-refractivity contribution in [1.29, 1.82) is 0 Å². The minimum absolute atomic E-state index is 0.00516. The molecule has 19 nitrogen and oxygen atoms in total. The molecule has 0 bridgehead atoms. The monoisotopic (exact) mass is 783 g/mol. The molecule has 2 aliphatic rings. The summed E-state index contributed by atoms with van der Waals surface area (Å²) in [5, 5.41) is 23.8. The molecule has 4 heterocycles. The van der Waals surface area contributed by atoms with Crippen LogP contribution in [0.15, 0.2) is 48.5 Å². The fraction of sp³-hybridized carbons (Fsp3) is 0.457. The number of benzene rings is 2. The fourth-order valence-electron chi connectivity index (χ4n) is 6.32. The number of esters is 2. The lowest BCUT2D eigenvalue weighted by atomic mass is 9.98. The quantitative estimate of drug-likeness (QED) is 0.0542. The highest BCUT2D eigenvalue weighted by atomic mass is 35.5. The number of ether oxygens (including phenoxy) is 6. The molecule has 3 unspecified atom stereocenters. The maximum absolute atomic E-state index is 13.5. The highest BCUT2D eigenvalue weighted by Gasteiger charge is 2.51. The molecule has 0 radical (unpaired) electrons.